The number of carboxylic acid groups (broad SMARTS) is 1. The number of carbonyl (C=O) groups is 3. The first-order valence-corrected chi connectivity index (χ1v) is 7.09. The number of aliphatic carboxylic acids is 1. The molecular weight excluding hydrogens is 280 g/mol. The fourth-order valence-electron chi connectivity index (χ4n) is 1.35. The number of anilines is 1. The van der Waals surface area contributed by atoms with E-state index in [0.29, 0.717) is 5.69 Å². The summed E-state index contributed by atoms with van der Waals surface area (Å²) in [6, 6.07) is 8.22. The number of hydrogen-bond donors (Lipinski definition) is 3. The van der Waals surface area contributed by atoms with Crippen LogP contribution in [0.5, 0.6) is 0 Å². The van der Waals surface area contributed by atoms with Crippen LogP contribution in [0.1, 0.15) is 6.92 Å². The minimum absolute atomic E-state index is 0.00918. The standard InChI is InChI=1S/C13H16N2O4S/c1-9(14-11(16)7-20-8-12(17)18)13(19)15-10-5-3-2-4-6-10/h2-6,9H,7-8H2,1H3,(H,14,16)(H,15,19)(H,17,18). The zero-order valence-electron chi connectivity index (χ0n) is 11.0. The molecule has 6 nitrogen and oxygen atoms in total. The number of hydrogen-bond acceptors (Lipinski definition) is 4. The summed E-state index contributed by atoms with van der Waals surface area (Å²) < 4.78 is 0. The Morgan fingerprint density at radius 2 is 1.85 bits per heavy atom. The Balaban J connectivity index is 2.34. The fourth-order valence-corrected chi connectivity index (χ4v) is 1.90. The summed E-state index contributed by atoms with van der Waals surface area (Å²) in [7, 11) is 0. The maximum absolute atomic E-state index is 11.8. The molecular formula is C13H16N2O4S. The van der Waals surface area contributed by atoms with E-state index in [9.17, 15) is 14.4 Å². The van der Waals surface area contributed by atoms with E-state index in [4.69, 9.17) is 5.11 Å². The number of thioether (sulfide) groups is 1. The van der Waals surface area contributed by atoms with Gasteiger partial charge in [0.15, 0.2) is 0 Å². The van der Waals surface area contributed by atoms with Gasteiger partial charge in [0, 0.05) is 5.69 Å². The second-order valence-corrected chi connectivity index (χ2v) is 5.02. The topological polar surface area (TPSA) is 95.5 Å². The largest absolute Gasteiger partial charge is 0.481 e. The van der Waals surface area contributed by atoms with Crippen molar-refractivity contribution >= 4 is 35.2 Å². The normalized spacial score (nSPS) is 11.4. The summed E-state index contributed by atoms with van der Waals surface area (Å²) in [6.45, 7) is 1.57. The summed E-state index contributed by atoms with van der Waals surface area (Å²) in [5.74, 6) is -1.80. The first kappa shape index (κ1) is 16.0. The van der Waals surface area contributed by atoms with Crippen molar-refractivity contribution < 1.29 is 19.5 Å². The predicted octanol–water partition coefficient (Wildman–Crippen LogP) is 0.948. The van der Waals surface area contributed by atoms with Crippen LogP contribution < -0.4 is 10.6 Å². The minimum Gasteiger partial charge on any atom is -0.481 e. The second-order valence-electron chi connectivity index (χ2n) is 4.03. The molecule has 0 fully saturated rings. The van der Waals surface area contributed by atoms with Crippen molar-refractivity contribution in [2.45, 2.75) is 13.0 Å². The molecule has 0 spiro atoms. The zero-order valence-corrected chi connectivity index (χ0v) is 11.8. The van der Waals surface area contributed by atoms with Gasteiger partial charge in [0.25, 0.3) is 0 Å². The lowest BCUT2D eigenvalue weighted by atomic mass is 10.2. The van der Waals surface area contributed by atoms with Crippen molar-refractivity contribution in [1.29, 1.82) is 0 Å². The van der Waals surface area contributed by atoms with E-state index in [1.54, 1.807) is 31.2 Å². The van der Waals surface area contributed by atoms with Gasteiger partial charge in [-0.05, 0) is 19.1 Å². The van der Waals surface area contributed by atoms with Crippen molar-refractivity contribution in [2.75, 3.05) is 16.8 Å². The molecule has 20 heavy (non-hydrogen) atoms. The van der Waals surface area contributed by atoms with Crippen molar-refractivity contribution in [3.05, 3.63) is 30.3 Å². The summed E-state index contributed by atoms with van der Waals surface area (Å²) in [4.78, 5) is 33.6. The monoisotopic (exact) mass is 296 g/mol. The number of benzene rings is 1. The van der Waals surface area contributed by atoms with E-state index in [1.165, 1.54) is 0 Å². The van der Waals surface area contributed by atoms with Gasteiger partial charge in [-0.1, -0.05) is 18.2 Å². The molecule has 0 radical (unpaired) electrons. The highest BCUT2D eigenvalue weighted by molar-refractivity contribution is 8.00. The van der Waals surface area contributed by atoms with Crippen LogP contribution in [0.25, 0.3) is 0 Å². The quantitative estimate of drug-likeness (QED) is 0.696. The van der Waals surface area contributed by atoms with Crippen molar-refractivity contribution in [1.82, 2.24) is 5.32 Å². The maximum Gasteiger partial charge on any atom is 0.313 e. The molecule has 1 atom stereocenters. The number of carboxylic acids is 1. The van der Waals surface area contributed by atoms with Gasteiger partial charge in [0.2, 0.25) is 11.8 Å². The van der Waals surface area contributed by atoms with Gasteiger partial charge in [-0.15, -0.1) is 11.8 Å². The van der Waals surface area contributed by atoms with Crippen molar-refractivity contribution in [3.8, 4) is 0 Å². The molecule has 0 heterocycles. The van der Waals surface area contributed by atoms with E-state index >= 15 is 0 Å². The third-order valence-electron chi connectivity index (χ3n) is 2.27. The summed E-state index contributed by atoms with van der Waals surface area (Å²) in [5, 5.41) is 13.6. The number of amides is 2. The fraction of sp³-hybridized carbons (Fsp3) is 0.308. The van der Waals surface area contributed by atoms with Crippen LogP contribution in [0.2, 0.25) is 0 Å². The van der Waals surface area contributed by atoms with Gasteiger partial charge in [0.05, 0.1) is 11.5 Å². The number of para-hydroxylation sites is 1. The van der Waals surface area contributed by atoms with Gasteiger partial charge >= 0.3 is 5.97 Å². The zero-order chi connectivity index (χ0) is 15.0. The molecule has 108 valence electrons. The highest BCUT2D eigenvalue weighted by atomic mass is 32.2. The van der Waals surface area contributed by atoms with E-state index in [1.807, 2.05) is 6.07 Å². The summed E-state index contributed by atoms with van der Waals surface area (Å²) in [5.41, 5.74) is 0.652. The van der Waals surface area contributed by atoms with E-state index < -0.39 is 12.0 Å². The van der Waals surface area contributed by atoms with Crippen molar-refractivity contribution in [3.63, 3.8) is 0 Å². The van der Waals surface area contributed by atoms with E-state index in [0.717, 1.165) is 11.8 Å². The summed E-state index contributed by atoms with van der Waals surface area (Å²) in [6.07, 6.45) is 0. The molecule has 0 aromatic heterocycles. The lowest BCUT2D eigenvalue weighted by Gasteiger charge is -2.13. The third-order valence-corrected chi connectivity index (χ3v) is 3.19. The molecule has 7 heteroatoms. The Bertz CT molecular complexity index is 479. The average molecular weight is 296 g/mol. The number of carbonyl (C=O) groups excluding carboxylic acids is 2. The molecule has 0 aliphatic rings. The van der Waals surface area contributed by atoms with Crippen LogP contribution in [0.3, 0.4) is 0 Å². The molecule has 1 rings (SSSR count). The molecule has 2 amide bonds. The Morgan fingerprint density at radius 3 is 2.45 bits per heavy atom. The molecule has 0 bridgehead atoms. The lowest BCUT2D eigenvalue weighted by Crippen LogP contribution is -2.42. The maximum atomic E-state index is 11.8. The van der Waals surface area contributed by atoms with E-state index in [-0.39, 0.29) is 23.3 Å². The molecule has 0 aliphatic heterocycles. The van der Waals surface area contributed by atoms with Crippen LogP contribution >= 0.6 is 11.8 Å². The Labute approximate surface area is 120 Å². The first-order chi connectivity index (χ1) is 9.49. The highest BCUT2D eigenvalue weighted by Crippen LogP contribution is 2.05. The lowest BCUT2D eigenvalue weighted by molar-refractivity contribution is -0.133. The van der Waals surface area contributed by atoms with Crippen LogP contribution in [-0.2, 0) is 14.4 Å². The molecule has 1 unspecified atom stereocenters. The van der Waals surface area contributed by atoms with Crippen LogP contribution in [0, 0.1) is 0 Å². The Morgan fingerprint density at radius 1 is 1.20 bits per heavy atom. The van der Waals surface area contributed by atoms with Crippen LogP contribution in [-0.4, -0.2) is 40.4 Å². The van der Waals surface area contributed by atoms with Gasteiger partial charge in [-0.2, -0.15) is 0 Å². The molecule has 1 aromatic carbocycles. The SMILES string of the molecule is CC(NC(=O)CSCC(=O)O)C(=O)Nc1ccccc1. The average Bonchev–Trinajstić information content (AvgIpc) is 2.39. The molecule has 0 saturated carbocycles. The van der Waals surface area contributed by atoms with Gasteiger partial charge < -0.3 is 15.7 Å². The second kappa shape index (κ2) is 8.21. The smallest absolute Gasteiger partial charge is 0.313 e. The van der Waals surface area contributed by atoms with Gasteiger partial charge in [-0.3, -0.25) is 14.4 Å². The Hall–Kier alpha value is -2.02. The molecule has 0 saturated heterocycles. The minimum atomic E-state index is -0.974. The predicted molar refractivity (Wildman–Crippen MR) is 77.6 cm³/mol. The highest BCUT2D eigenvalue weighted by Gasteiger charge is 2.15. The molecule has 3 N–H and O–H groups in total. The number of nitrogens with one attached hydrogen (secondary N) is 2. The van der Waals surface area contributed by atoms with Crippen molar-refractivity contribution in [2.24, 2.45) is 0 Å². The number of rotatable bonds is 7. The molecule has 1 aromatic rings. The first-order valence-electron chi connectivity index (χ1n) is 5.94. The summed E-state index contributed by atoms with van der Waals surface area (Å²) >= 11 is 0.984. The van der Waals surface area contributed by atoms with Crippen LogP contribution in [0.15, 0.2) is 30.3 Å². The van der Waals surface area contributed by atoms with Gasteiger partial charge in [-0.25, -0.2) is 0 Å². The third kappa shape index (κ3) is 6.24. The van der Waals surface area contributed by atoms with E-state index in [2.05, 4.69) is 10.6 Å². The molecule has 0 aliphatic carbocycles. The van der Waals surface area contributed by atoms with Crippen LogP contribution in [0.4, 0.5) is 5.69 Å². The Kier molecular flexibility index (Phi) is 6.58. The van der Waals surface area contributed by atoms with Gasteiger partial charge in [0.1, 0.15) is 6.04 Å².